The standard InChI is InChI=1S/C20H22N2O4S/c23-18(10-2-7-16-8-4-12-27-16)21-15-6-1-5-14(13-15)19(24)22-11-3-9-17(22)20(25)26/h1,4-6,8,12-13,17H,2-3,7,9-11H2,(H,21,23)(H,25,26)/t17-/m1/s1. The third-order valence-electron chi connectivity index (χ3n) is 4.60. The molecule has 1 atom stereocenters. The highest BCUT2D eigenvalue weighted by Gasteiger charge is 2.34. The van der Waals surface area contributed by atoms with E-state index in [4.69, 9.17) is 0 Å². The van der Waals surface area contributed by atoms with Gasteiger partial charge in [-0.05, 0) is 55.3 Å². The van der Waals surface area contributed by atoms with Crippen molar-refractivity contribution in [1.82, 2.24) is 4.90 Å². The van der Waals surface area contributed by atoms with Crippen LogP contribution in [0.1, 0.15) is 40.9 Å². The number of likely N-dealkylation sites (tertiary alicyclic amines) is 1. The molecule has 2 heterocycles. The fourth-order valence-corrected chi connectivity index (χ4v) is 4.02. The Morgan fingerprint density at radius 3 is 2.81 bits per heavy atom. The number of rotatable bonds is 7. The topological polar surface area (TPSA) is 86.7 Å². The summed E-state index contributed by atoms with van der Waals surface area (Å²) in [5, 5.41) is 14.1. The number of carboxylic acid groups (broad SMARTS) is 1. The summed E-state index contributed by atoms with van der Waals surface area (Å²) in [5.41, 5.74) is 0.938. The number of anilines is 1. The zero-order valence-corrected chi connectivity index (χ0v) is 15.7. The smallest absolute Gasteiger partial charge is 0.326 e. The number of carboxylic acids is 1. The number of aryl methyl sites for hydroxylation is 1. The van der Waals surface area contributed by atoms with Crippen molar-refractivity contribution in [2.75, 3.05) is 11.9 Å². The minimum Gasteiger partial charge on any atom is -0.480 e. The molecule has 2 amide bonds. The van der Waals surface area contributed by atoms with E-state index in [0.29, 0.717) is 37.1 Å². The first-order valence-electron chi connectivity index (χ1n) is 9.00. The van der Waals surface area contributed by atoms with Crippen LogP contribution in [0.3, 0.4) is 0 Å². The highest BCUT2D eigenvalue weighted by Crippen LogP contribution is 2.22. The summed E-state index contributed by atoms with van der Waals surface area (Å²) in [4.78, 5) is 38.7. The van der Waals surface area contributed by atoms with Crippen molar-refractivity contribution >= 4 is 34.8 Å². The molecule has 6 nitrogen and oxygen atoms in total. The summed E-state index contributed by atoms with van der Waals surface area (Å²) < 4.78 is 0. The number of thiophene rings is 1. The summed E-state index contributed by atoms with van der Waals surface area (Å²) >= 11 is 1.68. The number of nitrogens with one attached hydrogen (secondary N) is 1. The molecule has 1 aliphatic heterocycles. The summed E-state index contributed by atoms with van der Waals surface area (Å²) in [6.45, 7) is 0.440. The molecule has 0 saturated carbocycles. The van der Waals surface area contributed by atoms with Gasteiger partial charge in [0.1, 0.15) is 6.04 Å². The average Bonchev–Trinajstić information content (AvgIpc) is 3.33. The Labute approximate surface area is 161 Å². The molecule has 1 fully saturated rings. The van der Waals surface area contributed by atoms with Gasteiger partial charge in [0, 0.05) is 29.1 Å². The predicted octanol–water partition coefficient (Wildman–Crippen LogP) is 3.40. The number of carbonyl (C=O) groups excluding carboxylic acids is 2. The van der Waals surface area contributed by atoms with E-state index < -0.39 is 12.0 Å². The third kappa shape index (κ3) is 4.95. The van der Waals surface area contributed by atoms with Gasteiger partial charge in [-0.15, -0.1) is 11.3 Å². The van der Waals surface area contributed by atoms with Gasteiger partial charge in [0.2, 0.25) is 5.91 Å². The maximum absolute atomic E-state index is 12.7. The zero-order chi connectivity index (χ0) is 19.2. The van der Waals surface area contributed by atoms with Crippen LogP contribution in [0.5, 0.6) is 0 Å². The van der Waals surface area contributed by atoms with Crippen LogP contribution >= 0.6 is 11.3 Å². The summed E-state index contributed by atoms with van der Waals surface area (Å²) in [5.74, 6) is -1.38. The molecule has 1 saturated heterocycles. The van der Waals surface area contributed by atoms with Gasteiger partial charge in [-0.3, -0.25) is 9.59 Å². The largest absolute Gasteiger partial charge is 0.480 e. The molecule has 1 aliphatic rings. The maximum atomic E-state index is 12.7. The second kappa shape index (κ2) is 8.81. The van der Waals surface area contributed by atoms with Gasteiger partial charge in [-0.25, -0.2) is 4.79 Å². The number of carbonyl (C=O) groups is 3. The summed E-state index contributed by atoms with van der Waals surface area (Å²) in [7, 11) is 0. The second-order valence-electron chi connectivity index (χ2n) is 6.56. The maximum Gasteiger partial charge on any atom is 0.326 e. The molecule has 1 aromatic carbocycles. The van der Waals surface area contributed by atoms with E-state index in [0.717, 1.165) is 12.8 Å². The predicted molar refractivity (Wildman–Crippen MR) is 104 cm³/mol. The van der Waals surface area contributed by atoms with Crippen LogP contribution in [0.15, 0.2) is 41.8 Å². The van der Waals surface area contributed by atoms with Crippen LogP contribution in [0.4, 0.5) is 5.69 Å². The van der Waals surface area contributed by atoms with E-state index >= 15 is 0 Å². The molecule has 2 N–H and O–H groups in total. The molecule has 1 aromatic heterocycles. The van der Waals surface area contributed by atoms with Gasteiger partial charge < -0.3 is 15.3 Å². The summed E-state index contributed by atoms with van der Waals surface area (Å²) in [6.07, 6.45) is 3.20. The molecular weight excluding hydrogens is 364 g/mol. The van der Waals surface area contributed by atoms with Crippen LogP contribution in [0.25, 0.3) is 0 Å². The lowest BCUT2D eigenvalue weighted by Crippen LogP contribution is -2.40. The first kappa shape index (κ1) is 19.1. The minimum absolute atomic E-state index is 0.0965. The Morgan fingerprint density at radius 1 is 1.22 bits per heavy atom. The average molecular weight is 386 g/mol. The zero-order valence-electron chi connectivity index (χ0n) is 14.9. The lowest BCUT2D eigenvalue weighted by molar-refractivity contribution is -0.141. The van der Waals surface area contributed by atoms with Crippen LogP contribution < -0.4 is 5.32 Å². The Hall–Kier alpha value is -2.67. The lowest BCUT2D eigenvalue weighted by Gasteiger charge is -2.21. The van der Waals surface area contributed by atoms with E-state index in [2.05, 4.69) is 11.4 Å². The number of amides is 2. The van der Waals surface area contributed by atoms with Crippen LogP contribution in [0, 0.1) is 0 Å². The Kier molecular flexibility index (Phi) is 6.24. The van der Waals surface area contributed by atoms with E-state index in [-0.39, 0.29) is 11.8 Å². The molecule has 0 bridgehead atoms. The van der Waals surface area contributed by atoms with Gasteiger partial charge >= 0.3 is 5.97 Å². The van der Waals surface area contributed by atoms with Crippen molar-refractivity contribution in [3.63, 3.8) is 0 Å². The van der Waals surface area contributed by atoms with Gasteiger partial charge in [0.25, 0.3) is 5.91 Å². The highest BCUT2D eigenvalue weighted by atomic mass is 32.1. The van der Waals surface area contributed by atoms with Crippen molar-refractivity contribution in [2.24, 2.45) is 0 Å². The fourth-order valence-electron chi connectivity index (χ4n) is 3.26. The Balaban J connectivity index is 1.57. The van der Waals surface area contributed by atoms with Crippen LogP contribution in [-0.2, 0) is 16.0 Å². The van der Waals surface area contributed by atoms with Crippen LogP contribution in [-0.4, -0.2) is 40.4 Å². The van der Waals surface area contributed by atoms with Crippen molar-refractivity contribution in [1.29, 1.82) is 0 Å². The molecular formula is C20H22N2O4S. The first-order valence-corrected chi connectivity index (χ1v) is 9.88. The molecule has 7 heteroatoms. The van der Waals surface area contributed by atoms with Crippen LogP contribution in [0.2, 0.25) is 0 Å². The van der Waals surface area contributed by atoms with Crippen molar-refractivity contribution in [3.8, 4) is 0 Å². The van der Waals surface area contributed by atoms with E-state index in [9.17, 15) is 19.5 Å². The molecule has 3 rings (SSSR count). The number of aliphatic carboxylic acids is 1. The molecule has 142 valence electrons. The molecule has 0 radical (unpaired) electrons. The SMILES string of the molecule is O=C(CCCc1cccs1)Nc1cccc(C(=O)N2CCC[C@@H]2C(=O)O)c1. The molecule has 0 aliphatic carbocycles. The third-order valence-corrected chi connectivity index (χ3v) is 5.54. The molecule has 0 spiro atoms. The monoisotopic (exact) mass is 386 g/mol. The summed E-state index contributed by atoms with van der Waals surface area (Å²) in [6, 6.07) is 9.96. The normalized spacial score (nSPS) is 16.3. The lowest BCUT2D eigenvalue weighted by atomic mass is 10.1. The Morgan fingerprint density at radius 2 is 2.07 bits per heavy atom. The van der Waals surface area contributed by atoms with E-state index in [1.54, 1.807) is 35.6 Å². The molecule has 27 heavy (non-hydrogen) atoms. The van der Waals surface area contributed by atoms with Crippen molar-refractivity contribution in [2.45, 2.75) is 38.1 Å². The van der Waals surface area contributed by atoms with E-state index in [1.807, 2.05) is 11.4 Å². The van der Waals surface area contributed by atoms with E-state index in [1.165, 1.54) is 9.78 Å². The number of hydrogen-bond acceptors (Lipinski definition) is 4. The number of hydrogen-bond donors (Lipinski definition) is 2. The van der Waals surface area contributed by atoms with Gasteiger partial charge in [-0.2, -0.15) is 0 Å². The van der Waals surface area contributed by atoms with Gasteiger partial charge in [0.15, 0.2) is 0 Å². The Bertz CT molecular complexity index is 819. The molecule has 0 unspecified atom stereocenters. The number of benzene rings is 1. The second-order valence-corrected chi connectivity index (χ2v) is 7.59. The van der Waals surface area contributed by atoms with Crippen molar-refractivity contribution < 1.29 is 19.5 Å². The highest BCUT2D eigenvalue weighted by molar-refractivity contribution is 7.09. The van der Waals surface area contributed by atoms with Gasteiger partial charge in [0.05, 0.1) is 0 Å². The molecule has 2 aromatic rings. The number of nitrogens with zero attached hydrogens (tertiary/aromatic N) is 1. The fraction of sp³-hybridized carbons (Fsp3) is 0.350. The minimum atomic E-state index is -0.976. The quantitative estimate of drug-likeness (QED) is 0.764. The van der Waals surface area contributed by atoms with Crippen molar-refractivity contribution in [3.05, 3.63) is 52.2 Å². The van der Waals surface area contributed by atoms with Gasteiger partial charge in [-0.1, -0.05) is 12.1 Å². The first-order chi connectivity index (χ1) is 13.0.